The number of carbonyl (C=O) groups excluding carboxylic acids is 2. The van der Waals surface area contributed by atoms with Crippen LogP contribution in [0.3, 0.4) is 0 Å². The van der Waals surface area contributed by atoms with Crippen molar-refractivity contribution in [3.05, 3.63) is 114 Å². The molecule has 2 unspecified atom stereocenters. The highest BCUT2D eigenvalue weighted by molar-refractivity contribution is 7.90. The number of amides is 3. The summed E-state index contributed by atoms with van der Waals surface area (Å²) in [6.45, 7) is 4.14. The number of hydrogen-bond donors (Lipinski definition) is 1. The first-order chi connectivity index (χ1) is 17.3. The van der Waals surface area contributed by atoms with Crippen molar-refractivity contribution in [1.29, 1.82) is 0 Å². The van der Waals surface area contributed by atoms with Crippen LogP contribution in [0, 0.1) is 5.82 Å². The Morgan fingerprint density at radius 1 is 1.08 bits per heavy atom. The number of anilines is 1. The van der Waals surface area contributed by atoms with Gasteiger partial charge in [0.15, 0.2) is 0 Å². The summed E-state index contributed by atoms with van der Waals surface area (Å²) in [6.07, 6.45) is 1.86. The molecular formula is C27H24FN3O4S. The largest absolute Gasteiger partial charge is 0.331 e. The molecule has 0 radical (unpaired) electrons. The number of urea groups is 1. The van der Waals surface area contributed by atoms with Crippen LogP contribution in [0.15, 0.2) is 85.5 Å². The second kappa shape index (κ2) is 9.23. The van der Waals surface area contributed by atoms with E-state index in [1.165, 1.54) is 30.3 Å². The third kappa shape index (κ3) is 4.15. The highest BCUT2D eigenvalue weighted by Crippen LogP contribution is 2.36. The predicted molar refractivity (Wildman–Crippen MR) is 135 cm³/mol. The summed E-state index contributed by atoms with van der Waals surface area (Å²) >= 11 is 0. The first kappa shape index (κ1) is 23.7. The molecule has 0 aliphatic carbocycles. The monoisotopic (exact) mass is 505 g/mol. The molecule has 3 aromatic rings. The molecule has 1 saturated heterocycles. The number of benzene rings is 3. The van der Waals surface area contributed by atoms with Gasteiger partial charge in [-0.25, -0.2) is 21.9 Å². The molecule has 0 aromatic heterocycles. The quantitative estimate of drug-likeness (QED) is 0.505. The Bertz CT molecular complexity index is 1440. The van der Waals surface area contributed by atoms with Gasteiger partial charge in [-0.05, 0) is 53.4 Å². The van der Waals surface area contributed by atoms with E-state index in [2.05, 4.69) is 11.9 Å². The van der Waals surface area contributed by atoms with E-state index < -0.39 is 33.2 Å². The summed E-state index contributed by atoms with van der Waals surface area (Å²) in [6, 6.07) is 18.5. The SMILES string of the molecule is C=CC(c1ccc2c(c1)CCN2C(=O)c1ccc(F)cc1)S(=O)(=O)N1CC(c2ccccc2)NC1=O. The van der Waals surface area contributed by atoms with Crippen LogP contribution in [0.5, 0.6) is 0 Å². The Balaban J connectivity index is 1.39. The zero-order valence-corrected chi connectivity index (χ0v) is 20.1. The lowest BCUT2D eigenvalue weighted by Gasteiger charge is -2.22. The number of halogens is 1. The number of hydrogen-bond acceptors (Lipinski definition) is 4. The van der Waals surface area contributed by atoms with Crippen molar-refractivity contribution in [1.82, 2.24) is 9.62 Å². The third-order valence-corrected chi connectivity index (χ3v) is 8.62. The molecule has 2 aliphatic heterocycles. The van der Waals surface area contributed by atoms with E-state index in [-0.39, 0.29) is 12.5 Å². The molecule has 9 heteroatoms. The average molecular weight is 506 g/mol. The van der Waals surface area contributed by atoms with Gasteiger partial charge in [-0.1, -0.05) is 48.5 Å². The van der Waals surface area contributed by atoms with Crippen LogP contribution in [0.25, 0.3) is 0 Å². The standard InChI is InChI=1S/C27H24FN3O4S/c1-2-25(36(34,35)31-17-23(29-27(31)33)18-6-4-3-5-7-18)21-10-13-24-20(16-21)14-15-30(24)26(32)19-8-11-22(28)12-9-19/h2-13,16,23,25H,1,14-15,17H2,(H,29,33). The van der Waals surface area contributed by atoms with Gasteiger partial charge in [0, 0.05) is 17.8 Å². The third-order valence-electron chi connectivity index (χ3n) is 6.58. The van der Waals surface area contributed by atoms with Crippen LogP contribution >= 0.6 is 0 Å². The molecule has 184 valence electrons. The van der Waals surface area contributed by atoms with Gasteiger partial charge in [-0.15, -0.1) is 6.58 Å². The van der Waals surface area contributed by atoms with Gasteiger partial charge in [0.05, 0.1) is 12.6 Å². The second-order valence-electron chi connectivity index (χ2n) is 8.75. The summed E-state index contributed by atoms with van der Waals surface area (Å²) < 4.78 is 41.2. The smallest absolute Gasteiger partial charge is 0.328 e. The summed E-state index contributed by atoms with van der Waals surface area (Å²) in [5.74, 6) is -0.674. The van der Waals surface area contributed by atoms with Crippen molar-refractivity contribution in [2.24, 2.45) is 0 Å². The Hall–Kier alpha value is -3.98. The van der Waals surface area contributed by atoms with Gasteiger partial charge in [0.1, 0.15) is 11.1 Å². The van der Waals surface area contributed by atoms with Crippen LogP contribution in [0.1, 0.15) is 38.3 Å². The van der Waals surface area contributed by atoms with Gasteiger partial charge in [0.25, 0.3) is 5.91 Å². The number of rotatable bonds is 6. The highest BCUT2D eigenvalue weighted by atomic mass is 32.2. The fourth-order valence-corrected chi connectivity index (χ4v) is 6.38. The first-order valence-corrected chi connectivity index (χ1v) is 13.0. The molecule has 0 saturated carbocycles. The Kier molecular flexibility index (Phi) is 6.09. The van der Waals surface area contributed by atoms with Crippen molar-refractivity contribution >= 4 is 27.6 Å². The number of sulfonamides is 1. The lowest BCUT2D eigenvalue weighted by atomic mass is 10.1. The van der Waals surface area contributed by atoms with Gasteiger partial charge >= 0.3 is 6.03 Å². The van der Waals surface area contributed by atoms with E-state index in [0.717, 1.165) is 15.4 Å². The summed E-state index contributed by atoms with van der Waals surface area (Å²) in [4.78, 5) is 27.2. The van der Waals surface area contributed by atoms with Gasteiger partial charge in [0.2, 0.25) is 10.0 Å². The second-order valence-corrected chi connectivity index (χ2v) is 10.7. The van der Waals surface area contributed by atoms with Crippen LogP contribution in [-0.2, 0) is 16.4 Å². The molecule has 36 heavy (non-hydrogen) atoms. The van der Waals surface area contributed by atoms with Gasteiger partial charge < -0.3 is 10.2 Å². The number of nitrogens with one attached hydrogen (secondary N) is 1. The molecule has 2 heterocycles. The topological polar surface area (TPSA) is 86.8 Å². The highest BCUT2D eigenvalue weighted by Gasteiger charge is 2.42. The zero-order chi connectivity index (χ0) is 25.4. The number of carbonyl (C=O) groups is 2. The van der Waals surface area contributed by atoms with Gasteiger partial charge in [-0.3, -0.25) is 4.79 Å². The maximum Gasteiger partial charge on any atom is 0.331 e. The van der Waals surface area contributed by atoms with Gasteiger partial charge in [-0.2, -0.15) is 0 Å². The maximum absolute atomic E-state index is 13.5. The Morgan fingerprint density at radius 2 is 1.81 bits per heavy atom. The first-order valence-electron chi connectivity index (χ1n) is 11.5. The summed E-state index contributed by atoms with van der Waals surface area (Å²) in [7, 11) is -4.10. The molecule has 0 bridgehead atoms. The number of nitrogens with zero attached hydrogens (tertiary/aromatic N) is 2. The molecule has 1 N–H and O–H groups in total. The molecular weight excluding hydrogens is 481 g/mol. The summed E-state index contributed by atoms with van der Waals surface area (Å²) in [5.41, 5.74) is 3.15. The van der Waals surface area contributed by atoms with Crippen LogP contribution in [-0.4, -0.2) is 37.8 Å². The van der Waals surface area contributed by atoms with E-state index >= 15 is 0 Å². The van der Waals surface area contributed by atoms with E-state index in [4.69, 9.17) is 0 Å². The van der Waals surface area contributed by atoms with Crippen LogP contribution in [0.2, 0.25) is 0 Å². The molecule has 3 aromatic carbocycles. The maximum atomic E-state index is 13.5. The van der Waals surface area contributed by atoms with E-state index in [0.29, 0.717) is 29.8 Å². The minimum absolute atomic E-state index is 0.0135. The van der Waals surface area contributed by atoms with E-state index in [9.17, 15) is 22.4 Å². The molecule has 7 nitrogen and oxygen atoms in total. The predicted octanol–water partition coefficient (Wildman–Crippen LogP) is 4.35. The van der Waals surface area contributed by atoms with Crippen molar-refractivity contribution < 1.29 is 22.4 Å². The lowest BCUT2D eigenvalue weighted by Crippen LogP contribution is -2.37. The average Bonchev–Trinajstić information content (AvgIpc) is 3.49. The minimum Gasteiger partial charge on any atom is -0.328 e. The number of fused-ring (bicyclic) bond motifs is 1. The molecule has 1 fully saturated rings. The van der Waals surface area contributed by atoms with E-state index in [1.807, 2.05) is 30.3 Å². The minimum atomic E-state index is -4.10. The zero-order valence-electron chi connectivity index (χ0n) is 19.3. The summed E-state index contributed by atoms with van der Waals surface area (Å²) in [5, 5.41) is 1.61. The van der Waals surface area contributed by atoms with E-state index in [1.54, 1.807) is 23.1 Å². The molecule has 2 atom stereocenters. The van der Waals surface area contributed by atoms with Crippen molar-refractivity contribution in [2.75, 3.05) is 18.0 Å². The van der Waals surface area contributed by atoms with Crippen molar-refractivity contribution in [3.63, 3.8) is 0 Å². The fraction of sp³-hybridized carbons (Fsp3) is 0.185. The Morgan fingerprint density at radius 3 is 2.50 bits per heavy atom. The molecule has 0 spiro atoms. The molecule has 3 amide bonds. The normalized spacial score (nSPS) is 18.0. The Labute approximate surface area is 208 Å². The van der Waals surface area contributed by atoms with Crippen LogP contribution < -0.4 is 10.2 Å². The lowest BCUT2D eigenvalue weighted by molar-refractivity contribution is 0.0989. The fourth-order valence-electron chi connectivity index (χ4n) is 4.73. The molecule has 5 rings (SSSR count). The molecule has 2 aliphatic rings. The van der Waals surface area contributed by atoms with Crippen molar-refractivity contribution in [3.8, 4) is 0 Å². The van der Waals surface area contributed by atoms with Crippen molar-refractivity contribution in [2.45, 2.75) is 17.7 Å². The van der Waals surface area contributed by atoms with Crippen LogP contribution in [0.4, 0.5) is 14.9 Å².